The lowest BCUT2D eigenvalue weighted by atomic mass is 9.63. The zero-order chi connectivity index (χ0) is 19.6. The van der Waals surface area contributed by atoms with E-state index in [1.807, 2.05) is 13.0 Å². The van der Waals surface area contributed by atoms with E-state index in [2.05, 4.69) is 13.8 Å². The van der Waals surface area contributed by atoms with Crippen LogP contribution in [0.5, 0.6) is 0 Å². The average Bonchev–Trinajstić information content (AvgIpc) is 3.15. The van der Waals surface area contributed by atoms with Gasteiger partial charge in [0.2, 0.25) is 0 Å². The predicted octanol–water partition coefficient (Wildman–Crippen LogP) is 3.05. The number of hydrogen-bond acceptors (Lipinski definition) is 5. The SMILES string of the molecule is COC(=O)C(/C=C/[C@@]12O[C@]1(C)C[C@@H](O)CC2(C)C)=C/C=C/C(C)=C/C=O. The number of methoxy groups -OCH3 is 1. The van der Waals surface area contributed by atoms with Crippen molar-refractivity contribution in [2.75, 3.05) is 7.11 Å². The van der Waals surface area contributed by atoms with Crippen LogP contribution in [0.1, 0.15) is 40.5 Å². The van der Waals surface area contributed by atoms with Crippen LogP contribution in [0.15, 0.2) is 47.6 Å². The Morgan fingerprint density at radius 2 is 1.88 bits per heavy atom. The summed E-state index contributed by atoms with van der Waals surface area (Å²) in [6.45, 7) is 7.93. The minimum atomic E-state index is -0.511. The van der Waals surface area contributed by atoms with Crippen molar-refractivity contribution < 1.29 is 24.2 Å². The summed E-state index contributed by atoms with van der Waals surface area (Å²) >= 11 is 0. The lowest BCUT2D eigenvalue weighted by molar-refractivity contribution is -0.135. The summed E-state index contributed by atoms with van der Waals surface area (Å²) in [5.74, 6) is -0.449. The summed E-state index contributed by atoms with van der Waals surface area (Å²) in [6.07, 6.45) is 11.7. The molecule has 0 aromatic carbocycles. The number of carbonyl (C=O) groups is 2. The number of aliphatic hydroxyl groups excluding tert-OH is 1. The molecule has 0 unspecified atom stereocenters. The number of rotatable bonds is 6. The van der Waals surface area contributed by atoms with Gasteiger partial charge < -0.3 is 14.6 Å². The molecule has 1 heterocycles. The molecule has 0 bridgehead atoms. The molecule has 2 fully saturated rings. The third kappa shape index (κ3) is 3.74. The highest BCUT2D eigenvalue weighted by atomic mass is 16.6. The van der Waals surface area contributed by atoms with Gasteiger partial charge in [0.15, 0.2) is 0 Å². The molecule has 3 atom stereocenters. The van der Waals surface area contributed by atoms with Crippen LogP contribution >= 0.6 is 0 Å². The number of fused-ring (bicyclic) bond motifs is 1. The minimum Gasteiger partial charge on any atom is -0.465 e. The summed E-state index contributed by atoms with van der Waals surface area (Å²) in [5, 5.41) is 10.1. The number of hydrogen-bond donors (Lipinski definition) is 1. The molecule has 0 amide bonds. The van der Waals surface area contributed by atoms with Crippen LogP contribution in [0.25, 0.3) is 0 Å². The number of esters is 1. The fourth-order valence-corrected chi connectivity index (χ4v) is 4.06. The molecule has 0 spiro atoms. The van der Waals surface area contributed by atoms with Crippen LogP contribution in [0, 0.1) is 5.41 Å². The van der Waals surface area contributed by atoms with E-state index >= 15 is 0 Å². The molecule has 1 saturated heterocycles. The molecule has 1 aliphatic carbocycles. The second-order valence-electron chi connectivity index (χ2n) is 7.87. The first-order valence-electron chi connectivity index (χ1n) is 8.77. The van der Waals surface area contributed by atoms with E-state index in [-0.39, 0.29) is 11.5 Å². The summed E-state index contributed by atoms with van der Waals surface area (Å²) in [7, 11) is 1.34. The third-order valence-corrected chi connectivity index (χ3v) is 5.39. The van der Waals surface area contributed by atoms with Gasteiger partial charge in [-0.25, -0.2) is 4.79 Å². The normalized spacial score (nSPS) is 34.0. The largest absolute Gasteiger partial charge is 0.465 e. The maximum Gasteiger partial charge on any atom is 0.337 e. The maximum atomic E-state index is 12.1. The number of ether oxygens (including phenoxy) is 2. The highest BCUT2D eigenvalue weighted by molar-refractivity contribution is 5.91. The zero-order valence-electron chi connectivity index (χ0n) is 16.1. The van der Waals surface area contributed by atoms with Crippen molar-refractivity contribution in [1.29, 1.82) is 0 Å². The summed E-state index contributed by atoms with van der Waals surface area (Å²) in [5.41, 5.74) is -0.0228. The van der Waals surface area contributed by atoms with Crippen LogP contribution in [0.4, 0.5) is 0 Å². The van der Waals surface area contributed by atoms with E-state index in [0.29, 0.717) is 24.7 Å². The average molecular weight is 360 g/mol. The number of carbonyl (C=O) groups excluding carboxylic acids is 2. The predicted molar refractivity (Wildman–Crippen MR) is 99.4 cm³/mol. The van der Waals surface area contributed by atoms with Crippen LogP contribution in [0.3, 0.4) is 0 Å². The van der Waals surface area contributed by atoms with E-state index in [1.54, 1.807) is 31.2 Å². The Kier molecular flexibility index (Phi) is 5.73. The van der Waals surface area contributed by atoms with Crippen LogP contribution in [0.2, 0.25) is 0 Å². The molecule has 0 radical (unpaired) electrons. The second kappa shape index (κ2) is 7.33. The number of epoxide rings is 1. The molecule has 2 aliphatic rings. The van der Waals surface area contributed by atoms with Gasteiger partial charge in [-0.15, -0.1) is 0 Å². The standard InChI is InChI=1S/C21H28O5/c1-15(10-12-22)7-6-8-16(18(24)25-5)9-11-21-19(2,3)13-17(23)14-20(21,4)26-21/h6-12,17,23H,13-14H2,1-5H3/b7-6+,11-9+,15-10+,16-8+/t17-,20+,21-/m0/s1. The molecule has 1 aliphatic heterocycles. The molecule has 0 aromatic heterocycles. The van der Waals surface area contributed by atoms with Gasteiger partial charge in [0.05, 0.1) is 18.8 Å². The van der Waals surface area contributed by atoms with Gasteiger partial charge in [0.25, 0.3) is 0 Å². The van der Waals surface area contributed by atoms with Gasteiger partial charge in [-0.2, -0.15) is 0 Å². The molecule has 2 rings (SSSR count). The van der Waals surface area contributed by atoms with Crippen molar-refractivity contribution in [1.82, 2.24) is 0 Å². The second-order valence-corrected chi connectivity index (χ2v) is 7.87. The minimum absolute atomic E-state index is 0.254. The Balaban J connectivity index is 2.28. The van der Waals surface area contributed by atoms with Gasteiger partial charge in [0.1, 0.15) is 17.5 Å². The molecule has 5 heteroatoms. The van der Waals surface area contributed by atoms with Crippen molar-refractivity contribution >= 4 is 12.3 Å². The van der Waals surface area contributed by atoms with Crippen molar-refractivity contribution in [2.24, 2.45) is 5.41 Å². The quantitative estimate of drug-likeness (QED) is 0.259. The Bertz CT molecular complexity index is 697. The lowest BCUT2D eigenvalue weighted by Gasteiger charge is -2.39. The van der Waals surface area contributed by atoms with Gasteiger partial charge >= 0.3 is 5.97 Å². The smallest absolute Gasteiger partial charge is 0.337 e. The number of aldehydes is 1. The van der Waals surface area contributed by atoms with Crippen molar-refractivity contribution in [3.63, 3.8) is 0 Å². The maximum absolute atomic E-state index is 12.1. The van der Waals surface area contributed by atoms with E-state index in [1.165, 1.54) is 13.2 Å². The lowest BCUT2D eigenvalue weighted by Crippen LogP contribution is -2.46. The van der Waals surface area contributed by atoms with Gasteiger partial charge in [0, 0.05) is 11.8 Å². The molecule has 1 N–H and O–H groups in total. The van der Waals surface area contributed by atoms with Crippen molar-refractivity contribution in [3.05, 3.63) is 47.6 Å². The van der Waals surface area contributed by atoms with E-state index < -0.39 is 17.2 Å². The van der Waals surface area contributed by atoms with Gasteiger partial charge in [-0.05, 0) is 50.1 Å². The highest BCUT2D eigenvalue weighted by Crippen LogP contribution is 2.66. The molecular formula is C21H28O5. The van der Waals surface area contributed by atoms with Crippen molar-refractivity contribution in [3.8, 4) is 0 Å². The van der Waals surface area contributed by atoms with E-state index in [9.17, 15) is 14.7 Å². The first-order valence-corrected chi connectivity index (χ1v) is 8.77. The summed E-state index contributed by atoms with van der Waals surface area (Å²) in [6, 6.07) is 0. The topological polar surface area (TPSA) is 76.1 Å². The van der Waals surface area contributed by atoms with Crippen LogP contribution < -0.4 is 0 Å². The number of aliphatic hydroxyl groups is 1. The molecule has 142 valence electrons. The van der Waals surface area contributed by atoms with Gasteiger partial charge in [-0.1, -0.05) is 26.0 Å². The fourth-order valence-electron chi connectivity index (χ4n) is 4.06. The monoisotopic (exact) mass is 360 g/mol. The van der Waals surface area contributed by atoms with Crippen LogP contribution in [-0.2, 0) is 19.1 Å². The Labute approximate surface area is 155 Å². The van der Waals surface area contributed by atoms with Crippen LogP contribution in [-0.4, -0.2) is 41.8 Å². The fraction of sp³-hybridized carbons (Fsp3) is 0.524. The third-order valence-electron chi connectivity index (χ3n) is 5.39. The van der Waals surface area contributed by atoms with Gasteiger partial charge in [-0.3, -0.25) is 4.79 Å². The number of allylic oxidation sites excluding steroid dienone is 5. The molecule has 1 saturated carbocycles. The first kappa shape index (κ1) is 20.3. The Morgan fingerprint density at radius 3 is 2.46 bits per heavy atom. The molecular weight excluding hydrogens is 332 g/mol. The van der Waals surface area contributed by atoms with E-state index in [0.717, 1.165) is 5.57 Å². The molecule has 0 aromatic rings. The van der Waals surface area contributed by atoms with E-state index in [4.69, 9.17) is 9.47 Å². The summed E-state index contributed by atoms with van der Waals surface area (Å²) in [4.78, 5) is 22.5. The van der Waals surface area contributed by atoms with Crippen molar-refractivity contribution in [2.45, 2.75) is 57.8 Å². The first-order chi connectivity index (χ1) is 12.1. The molecule has 26 heavy (non-hydrogen) atoms. The molecule has 5 nitrogen and oxygen atoms in total. The zero-order valence-corrected chi connectivity index (χ0v) is 16.1. The summed E-state index contributed by atoms with van der Waals surface area (Å²) < 4.78 is 10.9. The highest BCUT2D eigenvalue weighted by Gasteiger charge is 2.74. The Morgan fingerprint density at radius 1 is 1.19 bits per heavy atom. The Hall–Kier alpha value is -1.98.